The number of anilines is 1. The molecule has 0 saturated carbocycles. The fourth-order valence-electron chi connectivity index (χ4n) is 3.53. The first-order chi connectivity index (χ1) is 16.3. The molecule has 186 valence electrons. The van der Waals surface area contributed by atoms with Crippen molar-refractivity contribution < 1.29 is 32.2 Å². The Bertz CT molecular complexity index is 1280. The van der Waals surface area contributed by atoms with Crippen LogP contribution >= 0.6 is 0 Å². The van der Waals surface area contributed by atoms with Crippen LogP contribution in [-0.4, -0.2) is 57.5 Å². The highest BCUT2D eigenvalue weighted by Gasteiger charge is 2.35. The third kappa shape index (κ3) is 5.31. The van der Waals surface area contributed by atoms with Gasteiger partial charge in [-0.05, 0) is 39.0 Å². The number of hydrogen-bond acceptors (Lipinski definition) is 6. The Hall–Kier alpha value is -3.83. The van der Waals surface area contributed by atoms with Crippen LogP contribution in [0.15, 0.2) is 36.5 Å². The molecule has 3 heterocycles. The molecule has 3 aromatic rings. The molecule has 2 aromatic heterocycles. The number of likely N-dealkylation sites (tertiary alicyclic amines) is 1. The van der Waals surface area contributed by atoms with Gasteiger partial charge in [0.25, 0.3) is 5.91 Å². The van der Waals surface area contributed by atoms with Gasteiger partial charge in [0.1, 0.15) is 22.7 Å². The Morgan fingerprint density at radius 2 is 1.86 bits per heavy atom. The smallest absolute Gasteiger partial charge is 0.433 e. The second kappa shape index (κ2) is 8.75. The first-order valence-corrected chi connectivity index (χ1v) is 10.7. The molecule has 1 aliphatic heterocycles. The largest absolute Gasteiger partial charge is 0.494 e. The number of amides is 2. The van der Waals surface area contributed by atoms with E-state index in [1.54, 1.807) is 48.7 Å². The van der Waals surface area contributed by atoms with Crippen LogP contribution in [0.3, 0.4) is 0 Å². The predicted molar refractivity (Wildman–Crippen MR) is 120 cm³/mol. The Morgan fingerprint density at radius 3 is 2.49 bits per heavy atom. The van der Waals surface area contributed by atoms with Crippen LogP contribution in [0.4, 0.5) is 23.7 Å². The monoisotopic (exact) mass is 491 g/mol. The molecule has 0 bridgehead atoms. The number of aromatic nitrogens is 3. The lowest BCUT2D eigenvalue weighted by molar-refractivity contribution is -0.141. The third-order valence-corrected chi connectivity index (χ3v) is 5.25. The molecule has 1 fully saturated rings. The first-order valence-electron chi connectivity index (χ1n) is 10.7. The summed E-state index contributed by atoms with van der Waals surface area (Å²) in [6.45, 7) is 6.27. The zero-order valence-corrected chi connectivity index (χ0v) is 19.5. The van der Waals surface area contributed by atoms with E-state index in [0.29, 0.717) is 24.0 Å². The summed E-state index contributed by atoms with van der Waals surface area (Å²) in [5.41, 5.74) is -1.27. The molecule has 0 aliphatic carbocycles. The summed E-state index contributed by atoms with van der Waals surface area (Å²) in [7, 11) is 1.40. The maximum Gasteiger partial charge on any atom is 0.433 e. The Balaban J connectivity index is 1.51. The second-order valence-corrected chi connectivity index (χ2v) is 9.12. The summed E-state index contributed by atoms with van der Waals surface area (Å²) in [5, 5.41) is 7.77. The number of ether oxygens (including phenoxy) is 2. The Morgan fingerprint density at radius 1 is 1.14 bits per heavy atom. The first kappa shape index (κ1) is 24.3. The molecule has 1 aromatic carbocycles. The van der Waals surface area contributed by atoms with Crippen molar-refractivity contribution in [2.24, 2.45) is 0 Å². The number of hydrogen-bond donors (Lipinski definition) is 1. The van der Waals surface area contributed by atoms with Crippen LogP contribution in [-0.2, 0) is 10.9 Å². The lowest BCUT2D eigenvalue weighted by Crippen LogP contribution is -2.52. The van der Waals surface area contributed by atoms with Crippen LogP contribution in [0.25, 0.3) is 10.9 Å². The molecular weight excluding hydrogens is 467 g/mol. The minimum atomic E-state index is -4.66. The number of nitrogens with one attached hydrogen (secondary N) is 1. The summed E-state index contributed by atoms with van der Waals surface area (Å²) in [6, 6.07) is 6.30. The molecule has 1 N–H and O–H groups in total. The van der Waals surface area contributed by atoms with E-state index in [0.717, 1.165) is 12.1 Å². The van der Waals surface area contributed by atoms with Crippen LogP contribution in [0, 0.1) is 0 Å². The van der Waals surface area contributed by atoms with Gasteiger partial charge in [0.15, 0.2) is 0 Å². The highest BCUT2D eigenvalue weighted by Crippen LogP contribution is 2.32. The topological polar surface area (TPSA) is 98.6 Å². The maximum absolute atomic E-state index is 12.9. The summed E-state index contributed by atoms with van der Waals surface area (Å²) in [5.74, 6) is -0.528. The molecule has 35 heavy (non-hydrogen) atoms. The van der Waals surface area contributed by atoms with Crippen LogP contribution in [0.5, 0.6) is 5.75 Å². The third-order valence-electron chi connectivity index (χ3n) is 5.25. The van der Waals surface area contributed by atoms with E-state index >= 15 is 0 Å². The normalized spacial score (nSPS) is 14.5. The number of benzene rings is 1. The van der Waals surface area contributed by atoms with E-state index in [-0.39, 0.29) is 29.3 Å². The number of nitrogens with zero attached hydrogens (tertiary/aromatic N) is 4. The molecule has 0 radical (unpaired) electrons. The Labute approximate surface area is 198 Å². The number of pyridine rings is 1. The van der Waals surface area contributed by atoms with E-state index in [1.807, 2.05) is 0 Å². The number of fused-ring (bicyclic) bond motifs is 1. The average molecular weight is 491 g/mol. The van der Waals surface area contributed by atoms with Gasteiger partial charge in [0.05, 0.1) is 24.4 Å². The van der Waals surface area contributed by atoms with Gasteiger partial charge in [-0.1, -0.05) is 6.07 Å². The van der Waals surface area contributed by atoms with Gasteiger partial charge in [0, 0.05) is 30.7 Å². The van der Waals surface area contributed by atoms with Gasteiger partial charge < -0.3 is 19.7 Å². The number of halogens is 3. The average Bonchev–Trinajstić information content (AvgIpc) is 3.12. The molecule has 0 spiro atoms. The minimum absolute atomic E-state index is 0.0479. The maximum atomic E-state index is 12.9. The van der Waals surface area contributed by atoms with Crippen molar-refractivity contribution in [3.05, 3.63) is 47.9 Å². The van der Waals surface area contributed by atoms with Crippen LogP contribution in [0.1, 0.15) is 43.0 Å². The minimum Gasteiger partial charge on any atom is -0.494 e. The standard InChI is InChI=1S/C23H24F3N5O4/c1-22(2,3)35-21(33)30-11-14(12-30)31-10-13-8-17(18(34-4)9-16(13)29-31)28-20(32)15-6-5-7-19(27-15)23(24,25)26/h5-10,14H,11-12H2,1-4H3,(H,28,32). The van der Waals surface area contributed by atoms with Gasteiger partial charge in [-0.2, -0.15) is 18.3 Å². The van der Waals surface area contributed by atoms with Crippen molar-refractivity contribution in [1.29, 1.82) is 0 Å². The summed E-state index contributed by atoms with van der Waals surface area (Å²) in [4.78, 5) is 29.8. The molecule has 4 rings (SSSR count). The molecule has 1 saturated heterocycles. The van der Waals surface area contributed by atoms with Gasteiger partial charge in [-0.25, -0.2) is 9.78 Å². The van der Waals surface area contributed by atoms with Crippen LogP contribution < -0.4 is 10.1 Å². The van der Waals surface area contributed by atoms with Crippen molar-refractivity contribution in [2.75, 3.05) is 25.5 Å². The Kier molecular flexibility index (Phi) is 6.07. The number of methoxy groups -OCH3 is 1. The quantitative estimate of drug-likeness (QED) is 0.577. The molecule has 12 heteroatoms. The van der Waals surface area contributed by atoms with Crippen molar-refractivity contribution in [1.82, 2.24) is 19.7 Å². The molecule has 0 unspecified atom stereocenters. The zero-order valence-electron chi connectivity index (χ0n) is 19.5. The molecule has 9 nitrogen and oxygen atoms in total. The number of alkyl halides is 3. The molecule has 2 amide bonds. The SMILES string of the molecule is COc1cc2nn(C3CN(C(=O)OC(C)(C)C)C3)cc2cc1NC(=O)c1cccc(C(F)(F)F)n1. The summed E-state index contributed by atoms with van der Waals surface area (Å²) >= 11 is 0. The van der Waals surface area contributed by atoms with Gasteiger partial charge in [-0.3, -0.25) is 9.48 Å². The van der Waals surface area contributed by atoms with Gasteiger partial charge in [-0.15, -0.1) is 0 Å². The predicted octanol–water partition coefficient (Wildman–Crippen LogP) is 4.50. The highest BCUT2D eigenvalue weighted by atomic mass is 19.4. The summed E-state index contributed by atoms with van der Waals surface area (Å²) in [6.07, 6.45) is -3.29. The molecular formula is C23H24F3N5O4. The van der Waals surface area contributed by atoms with E-state index in [1.165, 1.54) is 13.2 Å². The fraction of sp³-hybridized carbons (Fsp3) is 0.391. The van der Waals surface area contributed by atoms with Crippen molar-refractivity contribution in [3.63, 3.8) is 0 Å². The lowest BCUT2D eigenvalue weighted by atomic mass is 10.1. The van der Waals surface area contributed by atoms with E-state index in [2.05, 4.69) is 15.4 Å². The van der Waals surface area contributed by atoms with Crippen LogP contribution in [0.2, 0.25) is 0 Å². The summed E-state index contributed by atoms with van der Waals surface area (Å²) < 4.78 is 51.3. The lowest BCUT2D eigenvalue weighted by Gasteiger charge is -2.39. The fourth-order valence-corrected chi connectivity index (χ4v) is 3.53. The molecule has 1 aliphatic rings. The zero-order chi connectivity index (χ0) is 25.5. The number of rotatable bonds is 4. The van der Waals surface area contributed by atoms with Gasteiger partial charge >= 0.3 is 12.3 Å². The van der Waals surface area contributed by atoms with E-state index in [9.17, 15) is 22.8 Å². The van der Waals surface area contributed by atoms with Crippen molar-refractivity contribution >= 4 is 28.6 Å². The number of carbonyl (C=O) groups is 2. The van der Waals surface area contributed by atoms with E-state index in [4.69, 9.17) is 9.47 Å². The highest BCUT2D eigenvalue weighted by molar-refractivity contribution is 6.05. The van der Waals surface area contributed by atoms with E-state index < -0.39 is 23.4 Å². The second-order valence-electron chi connectivity index (χ2n) is 9.12. The number of carbonyl (C=O) groups excluding carboxylic acids is 2. The van der Waals surface area contributed by atoms with Gasteiger partial charge in [0.2, 0.25) is 0 Å². The molecule has 0 atom stereocenters. The van der Waals surface area contributed by atoms with Crippen molar-refractivity contribution in [3.8, 4) is 5.75 Å². The van der Waals surface area contributed by atoms with Crippen molar-refractivity contribution in [2.45, 2.75) is 38.6 Å².